The van der Waals surface area contributed by atoms with Gasteiger partial charge in [-0.15, -0.1) is 0 Å². The molecule has 0 saturated carbocycles. The van der Waals surface area contributed by atoms with Gasteiger partial charge in [-0.25, -0.2) is 4.79 Å². The van der Waals surface area contributed by atoms with Crippen molar-refractivity contribution in [3.63, 3.8) is 0 Å². The topological polar surface area (TPSA) is 77.4 Å². The molecule has 0 bridgehead atoms. The molecule has 1 heterocycles. The second kappa shape index (κ2) is 7.12. The lowest BCUT2D eigenvalue weighted by molar-refractivity contribution is -0.112. The number of nitrogens with one attached hydrogen (secondary N) is 1. The normalized spacial score (nSPS) is 10.3. The Kier molecular flexibility index (Phi) is 5.18. The van der Waals surface area contributed by atoms with E-state index in [1.54, 1.807) is 56.7 Å². The molecular formula is C18H20N2O4. The average molecular weight is 328 g/mol. The molecule has 24 heavy (non-hydrogen) atoms. The van der Waals surface area contributed by atoms with Gasteiger partial charge in [-0.3, -0.25) is 9.59 Å². The van der Waals surface area contributed by atoms with Crippen LogP contribution in [0.3, 0.4) is 0 Å². The van der Waals surface area contributed by atoms with Gasteiger partial charge in [0, 0.05) is 18.4 Å². The first-order valence-electron chi connectivity index (χ1n) is 7.62. The van der Waals surface area contributed by atoms with Crippen LogP contribution in [0.2, 0.25) is 0 Å². The molecular weight excluding hydrogens is 308 g/mol. The van der Waals surface area contributed by atoms with Crippen molar-refractivity contribution in [1.29, 1.82) is 0 Å². The van der Waals surface area contributed by atoms with E-state index in [1.807, 2.05) is 6.07 Å². The van der Waals surface area contributed by atoms with E-state index >= 15 is 0 Å². The van der Waals surface area contributed by atoms with Crippen LogP contribution in [0.15, 0.2) is 30.3 Å². The number of Topliss-reactive ketones (excluding diaryl/α,β-unsaturated/α-hetero) is 1. The zero-order chi connectivity index (χ0) is 17.9. The lowest BCUT2D eigenvalue weighted by Gasteiger charge is -2.05. The lowest BCUT2D eigenvalue weighted by Crippen LogP contribution is -2.24. The largest absolute Gasteiger partial charge is 0.461 e. The first-order valence-corrected chi connectivity index (χ1v) is 7.62. The standard InChI is InChI=1S/C18H20N2O4/c1-5-24-18(23)15-11(2)14(12(3)20(15)4)16(21)17(22)19-13-9-7-6-8-10-13/h6-10H,5H2,1-4H3,(H,19,22). The average Bonchev–Trinajstić information content (AvgIpc) is 2.77. The van der Waals surface area contributed by atoms with Gasteiger partial charge in [0.1, 0.15) is 5.69 Å². The van der Waals surface area contributed by atoms with Crippen LogP contribution in [0.1, 0.15) is 39.0 Å². The van der Waals surface area contributed by atoms with Gasteiger partial charge >= 0.3 is 5.97 Å². The summed E-state index contributed by atoms with van der Waals surface area (Å²) in [5.74, 6) is -1.93. The number of rotatable bonds is 5. The zero-order valence-electron chi connectivity index (χ0n) is 14.2. The number of aromatic nitrogens is 1. The minimum Gasteiger partial charge on any atom is -0.461 e. The number of hydrogen-bond donors (Lipinski definition) is 1. The molecule has 2 rings (SSSR count). The summed E-state index contributed by atoms with van der Waals surface area (Å²) in [4.78, 5) is 36.9. The van der Waals surface area contributed by atoms with Gasteiger partial charge in [0.2, 0.25) is 0 Å². The predicted octanol–water partition coefficient (Wildman–Crippen LogP) is 2.64. The van der Waals surface area contributed by atoms with E-state index in [0.29, 0.717) is 16.9 Å². The highest BCUT2D eigenvalue weighted by Crippen LogP contribution is 2.23. The fourth-order valence-electron chi connectivity index (χ4n) is 2.62. The van der Waals surface area contributed by atoms with Gasteiger partial charge in [0.15, 0.2) is 0 Å². The Labute approximate surface area is 140 Å². The third-order valence-electron chi connectivity index (χ3n) is 3.86. The molecule has 0 saturated heterocycles. The van der Waals surface area contributed by atoms with Crippen molar-refractivity contribution >= 4 is 23.3 Å². The fourth-order valence-corrected chi connectivity index (χ4v) is 2.62. The van der Waals surface area contributed by atoms with Gasteiger partial charge in [-0.05, 0) is 38.5 Å². The minimum absolute atomic E-state index is 0.231. The first kappa shape index (κ1) is 17.5. The van der Waals surface area contributed by atoms with Crippen LogP contribution in [0.4, 0.5) is 5.69 Å². The Morgan fingerprint density at radius 1 is 1.12 bits per heavy atom. The second-order valence-electron chi connectivity index (χ2n) is 5.36. The van der Waals surface area contributed by atoms with Gasteiger partial charge in [-0.1, -0.05) is 18.2 Å². The van der Waals surface area contributed by atoms with Crippen LogP contribution in [0.5, 0.6) is 0 Å². The van der Waals surface area contributed by atoms with Crippen molar-refractivity contribution in [2.45, 2.75) is 20.8 Å². The SMILES string of the molecule is CCOC(=O)c1c(C)c(C(=O)C(=O)Nc2ccccc2)c(C)n1C. The van der Waals surface area contributed by atoms with Crippen LogP contribution in [0.25, 0.3) is 0 Å². The predicted molar refractivity (Wildman–Crippen MR) is 90.2 cm³/mol. The summed E-state index contributed by atoms with van der Waals surface area (Å²) < 4.78 is 6.60. The molecule has 0 unspecified atom stereocenters. The molecule has 0 fully saturated rings. The number of hydrogen-bond acceptors (Lipinski definition) is 4. The van der Waals surface area contributed by atoms with Crippen LogP contribution < -0.4 is 5.32 Å². The third-order valence-corrected chi connectivity index (χ3v) is 3.86. The molecule has 6 heteroatoms. The van der Waals surface area contributed by atoms with E-state index < -0.39 is 17.7 Å². The van der Waals surface area contributed by atoms with E-state index in [-0.39, 0.29) is 17.9 Å². The van der Waals surface area contributed by atoms with E-state index in [4.69, 9.17) is 4.74 Å². The Balaban J connectivity index is 2.34. The molecule has 1 aromatic heterocycles. The van der Waals surface area contributed by atoms with Gasteiger partial charge < -0.3 is 14.6 Å². The Hall–Kier alpha value is -2.89. The summed E-state index contributed by atoms with van der Waals surface area (Å²) in [6, 6.07) is 8.73. The molecule has 2 aromatic rings. The number of esters is 1. The third kappa shape index (κ3) is 3.22. The number of carbonyl (C=O) groups is 3. The number of benzene rings is 1. The van der Waals surface area contributed by atoms with Crippen LogP contribution in [-0.4, -0.2) is 28.8 Å². The molecule has 1 N–H and O–H groups in total. The van der Waals surface area contributed by atoms with Crippen molar-refractivity contribution in [1.82, 2.24) is 4.57 Å². The van der Waals surface area contributed by atoms with Crippen molar-refractivity contribution in [2.24, 2.45) is 7.05 Å². The molecule has 1 aromatic carbocycles. The Bertz CT molecular complexity index is 791. The molecule has 0 aliphatic carbocycles. The van der Waals surface area contributed by atoms with Gasteiger partial charge in [0.25, 0.3) is 11.7 Å². The molecule has 0 aliphatic heterocycles. The molecule has 126 valence electrons. The van der Waals surface area contributed by atoms with Crippen molar-refractivity contribution in [3.8, 4) is 0 Å². The molecule has 0 atom stereocenters. The first-order chi connectivity index (χ1) is 11.4. The zero-order valence-corrected chi connectivity index (χ0v) is 14.2. The van der Waals surface area contributed by atoms with E-state index in [0.717, 1.165) is 0 Å². The molecule has 6 nitrogen and oxygen atoms in total. The lowest BCUT2D eigenvalue weighted by atomic mass is 10.0. The number of amides is 1. The summed E-state index contributed by atoms with van der Waals surface area (Å²) >= 11 is 0. The maximum Gasteiger partial charge on any atom is 0.355 e. The number of anilines is 1. The number of nitrogens with zero attached hydrogens (tertiary/aromatic N) is 1. The molecule has 1 amide bonds. The fraction of sp³-hybridized carbons (Fsp3) is 0.278. The van der Waals surface area contributed by atoms with Crippen LogP contribution >= 0.6 is 0 Å². The van der Waals surface area contributed by atoms with E-state index in [1.165, 1.54) is 0 Å². The van der Waals surface area contributed by atoms with E-state index in [2.05, 4.69) is 5.32 Å². The highest BCUT2D eigenvalue weighted by atomic mass is 16.5. The minimum atomic E-state index is -0.742. The van der Waals surface area contributed by atoms with Gasteiger partial charge in [-0.2, -0.15) is 0 Å². The summed E-state index contributed by atoms with van der Waals surface area (Å²) in [6.45, 7) is 5.28. The van der Waals surface area contributed by atoms with Crippen molar-refractivity contribution < 1.29 is 19.1 Å². The summed E-state index contributed by atoms with van der Waals surface area (Å²) in [6.07, 6.45) is 0. The Morgan fingerprint density at radius 3 is 2.33 bits per heavy atom. The summed E-state index contributed by atoms with van der Waals surface area (Å²) in [5, 5.41) is 2.56. The molecule has 0 spiro atoms. The maximum atomic E-state index is 12.6. The Morgan fingerprint density at radius 2 is 1.75 bits per heavy atom. The quantitative estimate of drug-likeness (QED) is 0.520. The second-order valence-corrected chi connectivity index (χ2v) is 5.36. The molecule has 0 radical (unpaired) electrons. The monoisotopic (exact) mass is 328 g/mol. The van der Waals surface area contributed by atoms with Crippen molar-refractivity contribution in [2.75, 3.05) is 11.9 Å². The number of para-hydroxylation sites is 1. The summed E-state index contributed by atoms with van der Waals surface area (Å²) in [7, 11) is 1.67. The molecule has 0 aliphatic rings. The van der Waals surface area contributed by atoms with E-state index in [9.17, 15) is 14.4 Å². The van der Waals surface area contributed by atoms with Crippen LogP contribution in [-0.2, 0) is 16.6 Å². The smallest absolute Gasteiger partial charge is 0.355 e. The highest BCUT2D eigenvalue weighted by molar-refractivity contribution is 6.47. The van der Waals surface area contributed by atoms with Crippen molar-refractivity contribution in [3.05, 3.63) is 52.8 Å². The maximum absolute atomic E-state index is 12.6. The number of ketones is 1. The highest BCUT2D eigenvalue weighted by Gasteiger charge is 2.28. The van der Waals surface area contributed by atoms with Gasteiger partial charge in [0.05, 0.1) is 12.2 Å². The summed E-state index contributed by atoms with van der Waals surface area (Å²) in [5.41, 5.74) is 2.04. The number of carbonyl (C=O) groups excluding carboxylic acids is 3. The van der Waals surface area contributed by atoms with Crippen LogP contribution in [0, 0.1) is 13.8 Å². The number of ether oxygens (including phenoxy) is 1.